The van der Waals surface area contributed by atoms with Crippen LogP contribution in [0.5, 0.6) is 11.5 Å². The minimum atomic E-state index is 0.0283. The molecule has 29 heavy (non-hydrogen) atoms. The molecule has 6 nitrogen and oxygen atoms in total. The van der Waals surface area contributed by atoms with Crippen LogP contribution in [0.25, 0.3) is 0 Å². The second-order valence-corrected chi connectivity index (χ2v) is 7.69. The van der Waals surface area contributed by atoms with E-state index >= 15 is 0 Å². The molecule has 2 aromatic rings. The molecule has 1 N–H and O–H groups in total. The molecule has 152 valence electrons. The third-order valence-electron chi connectivity index (χ3n) is 5.72. The van der Waals surface area contributed by atoms with Crippen LogP contribution in [0.3, 0.4) is 0 Å². The lowest BCUT2D eigenvalue weighted by Crippen LogP contribution is -2.49. The zero-order chi connectivity index (χ0) is 20.2. The van der Waals surface area contributed by atoms with Gasteiger partial charge in [0.1, 0.15) is 11.5 Å². The largest absolute Gasteiger partial charge is 0.457 e. The maximum absolute atomic E-state index is 12.9. The van der Waals surface area contributed by atoms with Crippen LogP contribution in [0.15, 0.2) is 48.5 Å². The van der Waals surface area contributed by atoms with E-state index in [1.54, 1.807) is 24.3 Å². The molecule has 6 heteroatoms. The monoisotopic (exact) mass is 393 g/mol. The van der Waals surface area contributed by atoms with Crippen molar-refractivity contribution in [3.8, 4) is 11.5 Å². The summed E-state index contributed by atoms with van der Waals surface area (Å²) in [4.78, 5) is 28.7. The summed E-state index contributed by atoms with van der Waals surface area (Å²) >= 11 is 0. The zero-order valence-corrected chi connectivity index (χ0v) is 16.8. The molecule has 1 atom stereocenters. The van der Waals surface area contributed by atoms with Gasteiger partial charge in [-0.25, -0.2) is 0 Å². The smallest absolute Gasteiger partial charge is 0.253 e. The Kier molecular flexibility index (Phi) is 5.92. The van der Waals surface area contributed by atoms with E-state index in [-0.39, 0.29) is 11.7 Å². The first-order valence-electron chi connectivity index (χ1n) is 10.2. The molecule has 1 unspecified atom stereocenters. The van der Waals surface area contributed by atoms with Crippen molar-refractivity contribution in [2.45, 2.75) is 19.4 Å². The topological polar surface area (TPSA) is 61.9 Å². The van der Waals surface area contributed by atoms with Crippen LogP contribution >= 0.6 is 0 Å². The van der Waals surface area contributed by atoms with Gasteiger partial charge in [0.25, 0.3) is 5.91 Å². The molecule has 0 radical (unpaired) electrons. The highest BCUT2D eigenvalue weighted by atomic mass is 16.5. The Morgan fingerprint density at radius 3 is 2.07 bits per heavy atom. The quantitative estimate of drug-likeness (QED) is 0.792. The summed E-state index contributed by atoms with van der Waals surface area (Å²) in [6.45, 7) is 7.34. The van der Waals surface area contributed by atoms with E-state index in [0.29, 0.717) is 28.7 Å². The molecule has 0 aliphatic carbocycles. The minimum Gasteiger partial charge on any atom is -0.457 e. The SMILES string of the molecule is CC(=O)c1ccc(Oc2ccc(C(=O)N3CCC(N4CCNCC4)C3)cc2)cc1. The van der Waals surface area contributed by atoms with Crippen molar-refractivity contribution in [1.29, 1.82) is 0 Å². The Hall–Kier alpha value is -2.70. The number of piperazine rings is 1. The first-order valence-corrected chi connectivity index (χ1v) is 10.2. The summed E-state index contributed by atoms with van der Waals surface area (Å²) in [5, 5.41) is 3.38. The molecule has 2 aliphatic heterocycles. The van der Waals surface area contributed by atoms with Crippen molar-refractivity contribution in [2.24, 2.45) is 0 Å². The number of nitrogens with one attached hydrogen (secondary N) is 1. The second-order valence-electron chi connectivity index (χ2n) is 7.69. The van der Waals surface area contributed by atoms with Crippen LogP contribution in [0, 0.1) is 0 Å². The predicted octanol–water partition coefficient (Wildman–Crippen LogP) is 2.80. The molecule has 0 bridgehead atoms. The zero-order valence-electron chi connectivity index (χ0n) is 16.8. The number of rotatable bonds is 5. The molecule has 2 aliphatic rings. The van der Waals surface area contributed by atoms with E-state index in [0.717, 1.165) is 45.7 Å². The van der Waals surface area contributed by atoms with Gasteiger partial charge in [0.05, 0.1) is 0 Å². The summed E-state index contributed by atoms with van der Waals surface area (Å²) < 4.78 is 5.82. The summed E-state index contributed by atoms with van der Waals surface area (Å²) in [5.41, 5.74) is 1.34. The number of Topliss-reactive ketones (excluding diaryl/α,β-unsaturated/α-hetero) is 1. The van der Waals surface area contributed by atoms with Crippen LogP contribution in [0.4, 0.5) is 0 Å². The summed E-state index contributed by atoms with van der Waals surface area (Å²) in [6.07, 6.45) is 1.04. The second kappa shape index (κ2) is 8.76. The van der Waals surface area contributed by atoms with Crippen molar-refractivity contribution in [1.82, 2.24) is 15.1 Å². The van der Waals surface area contributed by atoms with Gasteiger partial charge in [-0.1, -0.05) is 0 Å². The highest BCUT2D eigenvalue weighted by molar-refractivity contribution is 5.95. The van der Waals surface area contributed by atoms with Crippen LogP contribution < -0.4 is 10.1 Å². The fraction of sp³-hybridized carbons (Fsp3) is 0.391. The standard InChI is InChI=1S/C23H27N3O3/c1-17(27)18-2-6-21(7-3-18)29-22-8-4-19(5-9-22)23(28)26-13-10-20(16-26)25-14-11-24-12-15-25/h2-9,20,24H,10-16H2,1H3. The summed E-state index contributed by atoms with van der Waals surface area (Å²) in [6, 6.07) is 14.8. The Labute approximate surface area is 171 Å². The van der Waals surface area contributed by atoms with Gasteiger partial charge >= 0.3 is 0 Å². The minimum absolute atomic E-state index is 0.0283. The van der Waals surface area contributed by atoms with Gasteiger partial charge in [-0.2, -0.15) is 0 Å². The molecule has 2 fully saturated rings. The van der Waals surface area contributed by atoms with Crippen molar-refractivity contribution in [2.75, 3.05) is 39.3 Å². The van der Waals surface area contributed by atoms with Crippen LogP contribution in [0.2, 0.25) is 0 Å². The van der Waals surface area contributed by atoms with E-state index in [4.69, 9.17) is 4.74 Å². The summed E-state index contributed by atoms with van der Waals surface area (Å²) in [5.74, 6) is 1.44. The number of carbonyl (C=O) groups is 2. The molecule has 0 spiro atoms. The maximum Gasteiger partial charge on any atom is 0.253 e. The van der Waals surface area contributed by atoms with Gasteiger partial charge in [-0.3, -0.25) is 14.5 Å². The molecule has 0 aromatic heterocycles. The normalized spacial score (nSPS) is 19.9. The molecule has 2 heterocycles. The molecule has 0 saturated carbocycles. The maximum atomic E-state index is 12.9. The predicted molar refractivity (Wildman–Crippen MR) is 112 cm³/mol. The van der Waals surface area contributed by atoms with Crippen molar-refractivity contribution < 1.29 is 14.3 Å². The summed E-state index contributed by atoms with van der Waals surface area (Å²) in [7, 11) is 0. The third kappa shape index (κ3) is 4.66. The Balaban J connectivity index is 1.35. The number of hydrogen-bond donors (Lipinski definition) is 1. The molecular weight excluding hydrogens is 366 g/mol. The van der Waals surface area contributed by atoms with E-state index in [2.05, 4.69) is 10.2 Å². The first-order chi connectivity index (χ1) is 14.1. The van der Waals surface area contributed by atoms with Gasteiger partial charge in [-0.15, -0.1) is 0 Å². The number of hydrogen-bond acceptors (Lipinski definition) is 5. The average Bonchev–Trinajstić information content (AvgIpc) is 3.25. The number of benzene rings is 2. The fourth-order valence-electron chi connectivity index (χ4n) is 4.01. The third-order valence-corrected chi connectivity index (χ3v) is 5.72. The van der Waals surface area contributed by atoms with Crippen molar-refractivity contribution >= 4 is 11.7 Å². The highest BCUT2D eigenvalue weighted by Gasteiger charge is 2.31. The average molecular weight is 393 g/mol. The fourth-order valence-corrected chi connectivity index (χ4v) is 4.01. The molecular formula is C23H27N3O3. The van der Waals surface area contributed by atoms with E-state index in [9.17, 15) is 9.59 Å². The van der Waals surface area contributed by atoms with Crippen molar-refractivity contribution in [3.63, 3.8) is 0 Å². The number of ether oxygens (including phenoxy) is 1. The lowest BCUT2D eigenvalue weighted by molar-refractivity contribution is 0.0773. The van der Waals surface area contributed by atoms with Gasteiger partial charge < -0.3 is 15.0 Å². The number of nitrogens with zero attached hydrogens (tertiary/aromatic N) is 2. The van der Waals surface area contributed by atoms with Gasteiger partial charge in [0.2, 0.25) is 0 Å². The number of carbonyl (C=O) groups excluding carboxylic acids is 2. The Morgan fingerprint density at radius 2 is 1.48 bits per heavy atom. The van der Waals surface area contributed by atoms with E-state index < -0.39 is 0 Å². The molecule has 1 amide bonds. The van der Waals surface area contributed by atoms with Gasteiger partial charge in [0.15, 0.2) is 5.78 Å². The molecule has 2 saturated heterocycles. The lowest BCUT2D eigenvalue weighted by Gasteiger charge is -2.32. The van der Waals surface area contributed by atoms with Crippen molar-refractivity contribution in [3.05, 3.63) is 59.7 Å². The molecule has 2 aromatic carbocycles. The van der Waals surface area contributed by atoms with E-state index in [1.165, 1.54) is 6.92 Å². The Bertz CT molecular complexity index is 858. The van der Waals surface area contributed by atoms with Crippen LogP contribution in [-0.4, -0.2) is 66.8 Å². The Morgan fingerprint density at radius 1 is 0.897 bits per heavy atom. The van der Waals surface area contributed by atoms with Crippen LogP contribution in [0.1, 0.15) is 34.1 Å². The van der Waals surface area contributed by atoms with Crippen LogP contribution in [-0.2, 0) is 0 Å². The van der Waals surface area contributed by atoms with E-state index in [1.807, 2.05) is 29.2 Å². The lowest BCUT2D eigenvalue weighted by atomic mass is 10.1. The number of amides is 1. The first kappa shape index (κ1) is 19.6. The number of ketones is 1. The van der Waals surface area contributed by atoms with Gasteiger partial charge in [-0.05, 0) is 61.9 Å². The highest BCUT2D eigenvalue weighted by Crippen LogP contribution is 2.24. The number of likely N-dealkylation sites (tertiary alicyclic amines) is 1. The molecule has 4 rings (SSSR count). The van der Waals surface area contributed by atoms with Gasteiger partial charge in [0, 0.05) is 56.4 Å².